The van der Waals surface area contributed by atoms with Crippen molar-refractivity contribution in [1.82, 2.24) is 19.7 Å². The maximum Gasteiger partial charge on any atom is 0.220 e. The summed E-state index contributed by atoms with van der Waals surface area (Å²) in [5.41, 5.74) is 12.0. The third-order valence-electron chi connectivity index (χ3n) is 4.69. The molecule has 20 heavy (non-hydrogen) atoms. The lowest BCUT2D eigenvalue weighted by Gasteiger charge is -2.24. The van der Waals surface area contributed by atoms with Gasteiger partial charge in [-0.1, -0.05) is 13.8 Å². The Hall–Kier alpha value is -1.91. The van der Waals surface area contributed by atoms with Gasteiger partial charge in [0.1, 0.15) is 0 Å². The molecular weight excluding hydrogens is 250 g/mol. The molecule has 5 nitrogen and oxygen atoms in total. The van der Waals surface area contributed by atoms with Crippen molar-refractivity contribution in [3.63, 3.8) is 0 Å². The van der Waals surface area contributed by atoms with E-state index >= 15 is 0 Å². The van der Waals surface area contributed by atoms with Crippen LogP contribution < -0.4 is 5.73 Å². The Kier molecular flexibility index (Phi) is 2.13. The number of aromatic nitrogens is 4. The van der Waals surface area contributed by atoms with E-state index in [4.69, 9.17) is 10.8 Å². The molecule has 0 amide bonds. The highest BCUT2D eigenvalue weighted by atomic mass is 15.3. The summed E-state index contributed by atoms with van der Waals surface area (Å²) in [4.78, 5) is 8.78. The molecule has 2 aromatic rings. The molecule has 2 aromatic heterocycles. The van der Waals surface area contributed by atoms with Crippen molar-refractivity contribution in [2.45, 2.75) is 44.4 Å². The quantitative estimate of drug-likeness (QED) is 0.861. The van der Waals surface area contributed by atoms with Gasteiger partial charge in [0, 0.05) is 36.2 Å². The predicted molar refractivity (Wildman–Crippen MR) is 77.4 cm³/mol. The Bertz CT molecular complexity index is 709. The van der Waals surface area contributed by atoms with Crippen molar-refractivity contribution >= 4 is 5.95 Å². The lowest BCUT2D eigenvalue weighted by Crippen LogP contribution is -2.20. The average molecular weight is 269 g/mol. The van der Waals surface area contributed by atoms with Crippen molar-refractivity contribution in [1.29, 1.82) is 0 Å². The van der Waals surface area contributed by atoms with E-state index < -0.39 is 0 Å². The molecule has 0 aliphatic heterocycles. The molecule has 1 fully saturated rings. The summed E-state index contributed by atoms with van der Waals surface area (Å²) in [5.74, 6) is 0.763. The fourth-order valence-corrected chi connectivity index (χ4v) is 3.63. The molecule has 2 aliphatic rings. The van der Waals surface area contributed by atoms with E-state index in [1.807, 2.05) is 17.9 Å². The van der Waals surface area contributed by atoms with Gasteiger partial charge in [-0.3, -0.25) is 4.68 Å². The van der Waals surface area contributed by atoms with Gasteiger partial charge in [-0.25, -0.2) is 9.97 Å². The van der Waals surface area contributed by atoms with Gasteiger partial charge in [-0.05, 0) is 18.8 Å². The zero-order chi connectivity index (χ0) is 14.1. The maximum absolute atomic E-state index is 5.83. The van der Waals surface area contributed by atoms with E-state index in [0.29, 0.717) is 11.9 Å². The van der Waals surface area contributed by atoms with Gasteiger partial charge in [0.2, 0.25) is 5.95 Å². The second-order valence-electron chi connectivity index (χ2n) is 6.43. The number of aryl methyl sites for hydroxylation is 1. The molecule has 1 spiro atoms. The monoisotopic (exact) mass is 269 g/mol. The normalized spacial score (nSPS) is 18.2. The van der Waals surface area contributed by atoms with Crippen LogP contribution in [0.15, 0.2) is 6.20 Å². The van der Waals surface area contributed by atoms with Crippen molar-refractivity contribution in [3.05, 3.63) is 23.1 Å². The smallest absolute Gasteiger partial charge is 0.220 e. The van der Waals surface area contributed by atoms with Gasteiger partial charge < -0.3 is 5.73 Å². The Morgan fingerprint density at radius 1 is 1.35 bits per heavy atom. The SMILES string of the molecule is CC(C)c1c2c(nn1C)CC1(CC1)c1cnc(N)nc1-2. The molecule has 5 heteroatoms. The minimum atomic E-state index is 0.235. The van der Waals surface area contributed by atoms with Crippen LogP contribution in [0.25, 0.3) is 11.3 Å². The molecule has 0 aromatic carbocycles. The Labute approximate surface area is 118 Å². The standard InChI is InChI=1S/C15H19N5/c1-8(2)13-11-10(19-20(13)3)6-15(4-5-15)9-7-17-14(16)18-12(9)11/h7-8H,4-6H2,1-3H3,(H2,16,17,18). The predicted octanol–water partition coefficient (Wildman–Crippen LogP) is 2.17. The first-order valence-corrected chi connectivity index (χ1v) is 7.21. The number of nitrogens with two attached hydrogens (primary N) is 1. The van der Waals surface area contributed by atoms with Gasteiger partial charge in [-0.2, -0.15) is 5.10 Å². The Morgan fingerprint density at radius 3 is 2.75 bits per heavy atom. The second-order valence-corrected chi connectivity index (χ2v) is 6.43. The molecule has 104 valence electrons. The number of rotatable bonds is 1. The number of hydrogen-bond acceptors (Lipinski definition) is 4. The van der Waals surface area contributed by atoms with Crippen LogP contribution >= 0.6 is 0 Å². The Balaban J connectivity index is 2.04. The van der Waals surface area contributed by atoms with E-state index in [1.54, 1.807) is 0 Å². The van der Waals surface area contributed by atoms with Crippen LogP contribution in [0.4, 0.5) is 5.95 Å². The zero-order valence-electron chi connectivity index (χ0n) is 12.1. The summed E-state index contributed by atoms with van der Waals surface area (Å²) in [6.07, 6.45) is 5.37. The minimum absolute atomic E-state index is 0.235. The number of fused-ring (bicyclic) bond motifs is 4. The van der Waals surface area contributed by atoms with E-state index in [2.05, 4.69) is 23.8 Å². The lowest BCUT2D eigenvalue weighted by atomic mass is 9.81. The van der Waals surface area contributed by atoms with Gasteiger partial charge in [-0.15, -0.1) is 0 Å². The topological polar surface area (TPSA) is 69.6 Å². The van der Waals surface area contributed by atoms with E-state index in [0.717, 1.165) is 12.1 Å². The van der Waals surface area contributed by atoms with Crippen LogP contribution in [0.1, 0.15) is 49.6 Å². The minimum Gasteiger partial charge on any atom is -0.368 e. The van der Waals surface area contributed by atoms with Gasteiger partial charge >= 0.3 is 0 Å². The second kappa shape index (κ2) is 3.59. The van der Waals surface area contributed by atoms with Crippen molar-refractivity contribution in [2.75, 3.05) is 5.73 Å². The van der Waals surface area contributed by atoms with Gasteiger partial charge in [0.05, 0.1) is 17.1 Å². The third kappa shape index (κ3) is 1.40. The number of anilines is 1. The van der Waals surface area contributed by atoms with Gasteiger partial charge in [0.15, 0.2) is 0 Å². The molecule has 2 aliphatic carbocycles. The van der Waals surface area contributed by atoms with Crippen LogP contribution in [0.2, 0.25) is 0 Å². The van der Waals surface area contributed by atoms with Crippen LogP contribution in [0, 0.1) is 0 Å². The molecule has 0 radical (unpaired) electrons. The van der Waals surface area contributed by atoms with Crippen LogP contribution in [-0.4, -0.2) is 19.7 Å². The molecule has 0 atom stereocenters. The zero-order valence-corrected chi connectivity index (χ0v) is 12.1. The average Bonchev–Trinajstić information content (AvgIpc) is 3.04. The first kappa shape index (κ1) is 11.9. The highest BCUT2D eigenvalue weighted by Gasteiger charge is 2.51. The molecular formula is C15H19N5. The molecule has 2 heterocycles. The summed E-state index contributed by atoms with van der Waals surface area (Å²) in [6, 6.07) is 0. The highest BCUT2D eigenvalue weighted by Crippen LogP contribution is 2.57. The van der Waals surface area contributed by atoms with Crippen molar-refractivity contribution in [2.24, 2.45) is 7.05 Å². The van der Waals surface area contributed by atoms with Crippen LogP contribution in [0.3, 0.4) is 0 Å². The fraction of sp³-hybridized carbons (Fsp3) is 0.533. The maximum atomic E-state index is 5.83. The number of hydrogen-bond donors (Lipinski definition) is 1. The van der Waals surface area contributed by atoms with Crippen LogP contribution in [-0.2, 0) is 18.9 Å². The lowest BCUT2D eigenvalue weighted by molar-refractivity contribution is 0.629. The molecule has 0 saturated heterocycles. The molecule has 1 saturated carbocycles. The summed E-state index contributed by atoms with van der Waals surface area (Å²) in [7, 11) is 2.03. The van der Waals surface area contributed by atoms with E-state index in [-0.39, 0.29) is 5.41 Å². The summed E-state index contributed by atoms with van der Waals surface area (Å²) in [6.45, 7) is 4.39. The highest BCUT2D eigenvalue weighted by molar-refractivity contribution is 5.74. The Morgan fingerprint density at radius 2 is 2.10 bits per heavy atom. The largest absolute Gasteiger partial charge is 0.368 e. The fourth-order valence-electron chi connectivity index (χ4n) is 3.63. The number of nitrogen functional groups attached to an aromatic ring is 1. The molecule has 0 unspecified atom stereocenters. The summed E-state index contributed by atoms with van der Waals surface area (Å²) in [5, 5.41) is 4.75. The van der Waals surface area contributed by atoms with E-state index in [1.165, 1.54) is 35.4 Å². The summed E-state index contributed by atoms with van der Waals surface area (Å²) >= 11 is 0. The first-order valence-electron chi connectivity index (χ1n) is 7.21. The molecule has 4 rings (SSSR count). The number of nitrogens with zero attached hydrogens (tertiary/aromatic N) is 4. The van der Waals surface area contributed by atoms with Crippen LogP contribution in [0.5, 0.6) is 0 Å². The molecule has 0 bridgehead atoms. The van der Waals surface area contributed by atoms with Crippen molar-refractivity contribution in [3.8, 4) is 11.3 Å². The summed E-state index contributed by atoms with van der Waals surface area (Å²) < 4.78 is 2.01. The first-order chi connectivity index (χ1) is 9.52. The van der Waals surface area contributed by atoms with E-state index in [9.17, 15) is 0 Å². The van der Waals surface area contributed by atoms with Crippen molar-refractivity contribution < 1.29 is 0 Å². The third-order valence-corrected chi connectivity index (χ3v) is 4.69. The molecule has 2 N–H and O–H groups in total. The van der Waals surface area contributed by atoms with Gasteiger partial charge in [0.25, 0.3) is 0 Å².